The predicted molar refractivity (Wildman–Crippen MR) is 87.2 cm³/mol. The number of pyridine rings is 1. The summed E-state index contributed by atoms with van der Waals surface area (Å²) in [5, 5.41) is 1.22. The zero-order valence-electron chi connectivity index (χ0n) is 13.5. The Morgan fingerprint density at radius 2 is 2.00 bits per heavy atom. The van der Waals surface area contributed by atoms with Gasteiger partial charge in [-0.2, -0.15) is 0 Å². The van der Waals surface area contributed by atoms with Crippen molar-refractivity contribution in [1.29, 1.82) is 0 Å². The third kappa shape index (κ3) is 3.53. The topological polar surface area (TPSA) is 31.4 Å². The van der Waals surface area contributed by atoms with Gasteiger partial charge in [-0.15, -0.1) is 0 Å². The number of aryl methyl sites for hydroxylation is 1. The van der Waals surface area contributed by atoms with Crippen LogP contribution in [0.25, 0.3) is 10.9 Å². The first-order chi connectivity index (χ1) is 10.2. The molecule has 2 aromatic rings. The van der Waals surface area contributed by atoms with E-state index >= 15 is 0 Å². The molecular weight excluding hydrogens is 262 g/mol. The van der Waals surface area contributed by atoms with Gasteiger partial charge in [-0.1, -0.05) is 20.8 Å². The molecule has 0 aliphatic carbocycles. The summed E-state index contributed by atoms with van der Waals surface area (Å²) in [6.45, 7) is 7.78. The molecule has 0 aliphatic heterocycles. The smallest absolute Gasteiger partial charge is 0.145 e. The van der Waals surface area contributed by atoms with Crippen molar-refractivity contribution in [3.63, 3.8) is 0 Å². The van der Waals surface area contributed by atoms with Crippen LogP contribution in [0.3, 0.4) is 0 Å². The minimum absolute atomic E-state index is 0.523. The zero-order valence-corrected chi connectivity index (χ0v) is 13.5. The molecule has 0 spiro atoms. The summed E-state index contributed by atoms with van der Waals surface area (Å²) in [5.41, 5.74) is 3.60. The average molecular weight is 287 g/mol. The summed E-state index contributed by atoms with van der Waals surface area (Å²) in [7, 11) is 1.68. The van der Waals surface area contributed by atoms with E-state index in [2.05, 4.69) is 44.0 Å². The molecule has 114 valence electrons. The first-order valence-corrected chi connectivity index (χ1v) is 7.74. The molecule has 0 N–H and O–H groups in total. The van der Waals surface area contributed by atoms with Crippen LogP contribution in [0.1, 0.15) is 44.2 Å². The molecule has 1 heterocycles. The monoisotopic (exact) mass is 287 g/mol. The molecule has 1 aromatic heterocycles. The molecule has 0 amide bonds. The van der Waals surface area contributed by atoms with Crippen molar-refractivity contribution in [2.45, 2.75) is 39.5 Å². The van der Waals surface area contributed by atoms with Crippen molar-refractivity contribution >= 4 is 10.9 Å². The van der Waals surface area contributed by atoms with Gasteiger partial charge in [0.15, 0.2) is 0 Å². The van der Waals surface area contributed by atoms with Crippen LogP contribution in [0, 0.1) is 0 Å². The zero-order chi connectivity index (χ0) is 15.2. The van der Waals surface area contributed by atoms with E-state index in [9.17, 15) is 0 Å². The molecule has 1 atom stereocenters. The van der Waals surface area contributed by atoms with Crippen molar-refractivity contribution in [3.05, 3.63) is 35.5 Å². The molecule has 3 nitrogen and oxygen atoms in total. The number of rotatable bonds is 7. The number of ether oxygens (including phenoxy) is 2. The molecule has 3 heteroatoms. The minimum atomic E-state index is 0.523. The molecule has 0 saturated carbocycles. The molecule has 1 aromatic carbocycles. The fourth-order valence-electron chi connectivity index (χ4n) is 2.50. The summed E-state index contributed by atoms with van der Waals surface area (Å²) in [5.74, 6) is 1.39. The SMILES string of the molecule is CCc1cc(OCCOC)c2nccc(C(C)CC)c2c1. The average Bonchev–Trinajstić information content (AvgIpc) is 2.53. The van der Waals surface area contributed by atoms with Crippen LogP contribution in [-0.2, 0) is 11.2 Å². The second-order valence-corrected chi connectivity index (χ2v) is 5.39. The molecule has 0 fully saturated rings. The number of methoxy groups -OCH3 is 1. The maximum absolute atomic E-state index is 5.88. The Bertz CT molecular complexity index is 595. The lowest BCUT2D eigenvalue weighted by Crippen LogP contribution is -2.06. The number of aromatic nitrogens is 1. The summed E-state index contributed by atoms with van der Waals surface area (Å²) in [6.07, 6.45) is 4.00. The summed E-state index contributed by atoms with van der Waals surface area (Å²) in [6, 6.07) is 6.49. The molecular formula is C18H25NO2. The number of hydrogen-bond acceptors (Lipinski definition) is 3. The van der Waals surface area contributed by atoms with Gasteiger partial charge >= 0.3 is 0 Å². The van der Waals surface area contributed by atoms with Crippen LogP contribution in [-0.4, -0.2) is 25.3 Å². The van der Waals surface area contributed by atoms with E-state index in [1.54, 1.807) is 7.11 Å². The number of nitrogens with zero attached hydrogens (tertiary/aromatic N) is 1. The molecule has 0 radical (unpaired) electrons. The summed E-state index contributed by atoms with van der Waals surface area (Å²) in [4.78, 5) is 4.55. The van der Waals surface area contributed by atoms with Gasteiger partial charge in [-0.25, -0.2) is 0 Å². The highest BCUT2D eigenvalue weighted by Crippen LogP contribution is 2.32. The Morgan fingerprint density at radius 3 is 2.67 bits per heavy atom. The van der Waals surface area contributed by atoms with Crippen molar-refractivity contribution in [1.82, 2.24) is 4.98 Å². The van der Waals surface area contributed by atoms with E-state index in [4.69, 9.17) is 9.47 Å². The van der Waals surface area contributed by atoms with Gasteiger partial charge in [0.1, 0.15) is 17.9 Å². The number of benzene rings is 1. The van der Waals surface area contributed by atoms with Crippen LogP contribution in [0.5, 0.6) is 5.75 Å². The quantitative estimate of drug-likeness (QED) is 0.710. The van der Waals surface area contributed by atoms with Gasteiger partial charge in [-0.3, -0.25) is 4.98 Å². The van der Waals surface area contributed by atoms with Crippen molar-refractivity contribution in [2.75, 3.05) is 20.3 Å². The number of hydrogen-bond donors (Lipinski definition) is 0. The van der Waals surface area contributed by atoms with Gasteiger partial charge in [0.2, 0.25) is 0 Å². The van der Waals surface area contributed by atoms with E-state index in [0.29, 0.717) is 19.1 Å². The van der Waals surface area contributed by atoms with Crippen molar-refractivity contribution < 1.29 is 9.47 Å². The highest BCUT2D eigenvalue weighted by Gasteiger charge is 2.13. The lowest BCUT2D eigenvalue weighted by Gasteiger charge is -2.16. The first kappa shape index (κ1) is 15.8. The lowest BCUT2D eigenvalue weighted by molar-refractivity contribution is 0.147. The van der Waals surface area contributed by atoms with Gasteiger partial charge in [0, 0.05) is 18.7 Å². The van der Waals surface area contributed by atoms with E-state index in [1.165, 1.54) is 16.5 Å². The highest BCUT2D eigenvalue weighted by molar-refractivity contribution is 5.88. The normalized spacial score (nSPS) is 12.6. The Labute approximate surface area is 127 Å². The standard InChI is InChI=1S/C18H25NO2/c1-5-13(3)15-7-8-19-18-16(15)11-14(6-2)12-17(18)21-10-9-20-4/h7-8,11-13H,5-6,9-10H2,1-4H3. The Balaban J connectivity index is 2.52. The minimum Gasteiger partial charge on any atom is -0.489 e. The predicted octanol–water partition coefficient (Wildman–Crippen LogP) is 4.34. The maximum atomic E-state index is 5.88. The summed E-state index contributed by atoms with van der Waals surface area (Å²) >= 11 is 0. The van der Waals surface area contributed by atoms with Crippen molar-refractivity contribution in [3.8, 4) is 5.75 Å². The van der Waals surface area contributed by atoms with Crippen LogP contribution in [0.4, 0.5) is 0 Å². The molecule has 0 aliphatic rings. The van der Waals surface area contributed by atoms with Gasteiger partial charge in [-0.05, 0) is 48.1 Å². The lowest BCUT2D eigenvalue weighted by atomic mass is 9.94. The Morgan fingerprint density at radius 1 is 1.19 bits per heavy atom. The summed E-state index contributed by atoms with van der Waals surface area (Å²) < 4.78 is 10.9. The second kappa shape index (κ2) is 7.41. The third-order valence-corrected chi connectivity index (χ3v) is 4.00. The van der Waals surface area contributed by atoms with E-state index < -0.39 is 0 Å². The van der Waals surface area contributed by atoms with Crippen LogP contribution in [0.2, 0.25) is 0 Å². The van der Waals surface area contributed by atoms with Crippen LogP contribution < -0.4 is 4.74 Å². The largest absolute Gasteiger partial charge is 0.489 e. The molecule has 0 bridgehead atoms. The third-order valence-electron chi connectivity index (χ3n) is 4.00. The Hall–Kier alpha value is -1.61. The van der Waals surface area contributed by atoms with Crippen LogP contribution in [0.15, 0.2) is 24.4 Å². The molecule has 0 saturated heterocycles. The maximum Gasteiger partial charge on any atom is 0.145 e. The highest BCUT2D eigenvalue weighted by atomic mass is 16.5. The van der Waals surface area contributed by atoms with E-state index in [0.717, 1.165) is 24.1 Å². The molecule has 1 unspecified atom stereocenters. The van der Waals surface area contributed by atoms with E-state index in [-0.39, 0.29) is 0 Å². The van der Waals surface area contributed by atoms with Gasteiger partial charge in [0.05, 0.1) is 6.61 Å². The molecule has 2 rings (SSSR count). The fourth-order valence-corrected chi connectivity index (χ4v) is 2.50. The first-order valence-electron chi connectivity index (χ1n) is 7.74. The second-order valence-electron chi connectivity index (χ2n) is 5.39. The van der Waals surface area contributed by atoms with Gasteiger partial charge in [0.25, 0.3) is 0 Å². The van der Waals surface area contributed by atoms with Crippen molar-refractivity contribution in [2.24, 2.45) is 0 Å². The van der Waals surface area contributed by atoms with Gasteiger partial charge < -0.3 is 9.47 Å². The number of fused-ring (bicyclic) bond motifs is 1. The van der Waals surface area contributed by atoms with Crippen LogP contribution >= 0.6 is 0 Å². The fraction of sp³-hybridized carbons (Fsp3) is 0.500. The molecule has 21 heavy (non-hydrogen) atoms. The van der Waals surface area contributed by atoms with E-state index in [1.807, 2.05) is 6.20 Å². The Kier molecular flexibility index (Phi) is 5.57.